The molecule has 1 aromatic carbocycles. The summed E-state index contributed by atoms with van der Waals surface area (Å²) in [6, 6.07) is 7.50. The predicted molar refractivity (Wildman–Crippen MR) is 76.1 cm³/mol. The van der Waals surface area contributed by atoms with Crippen molar-refractivity contribution in [2.24, 2.45) is 0 Å². The summed E-state index contributed by atoms with van der Waals surface area (Å²) in [5.41, 5.74) is 1.99. The zero-order valence-corrected chi connectivity index (χ0v) is 12.2. The third kappa shape index (κ3) is 2.14. The molecular formula is C14H13BrN2O3. The molecular weight excluding hydrogens is 324 g/mol. The van der Waals surface area contributed by atoms with Gasteiger partial charge in [-0.3, -0.25) is 0 Å². The number of hydrogen-bond donors (Lipinski definition) is 2. The first-order valence-electron chi connectivity index (χ1n) is 6.37. The summed E-state index contributed by atoms with van der Waals surface area (Å²) in [7, 11) is 0. The Morgan fingerprint density at radius 3 is 2.95 bits per heavy atom. The molecule has 0 fully saturated rings. The topological polar surface area (TPSA) is 75.3 Å². The van der Waals surface area contributed by atoms with Crippen LogP contribution < -0.4 is 0 Å². The zero-order valence-electron chi connectivity index (χ0n) is 10.6. The number of benzene rings is 1. The van der Waals surface area contributed by atoms with Crippen molar-refractivity contribution in [3.8, 4) is 5.69 Å². The van der Waals surface area contributed by atoms with Gasteiger partial charge in [0.15, 0.2) is 5.69 Å². The van der Waals surface area contributed by atoms with E-state index < -0.39 is 12.1 Å². The van der Waals surface area contributed by atoms with Crippen LogP contribution in [0.5, 0.6) is 0 Å². The molecule has 1 aromatic heterocycles. The van der Waals surface area contributed by atoms with Crippen molar-refractivity contribution in [3.63, 3.8) is 0 Å². The van der Waals surface area contributed by atoms with Crippen molar-refractivity contribution in [2.45, 2.75) is 25.4 Å². The van der Waals surface area contributed by atoms with Crippen molar-refractivity contribution >= 4 is 21.9 Å². The summed E-state index contributed by atoms with van der Waals surface area (Å²) in [6.45, 7) is 0. The Hall–Kier alpha value is -1.66. The van der Waals surface area contributed by atoms with E-state index in [0.717, 1.165) is 28.7 Å². The number of carbonyl (C=O) groups is 1. The van der Waals surface area contributed by atoms with Gasteiger partial charge in [0.05, 0.1) is 17.5 Å². The first-order valence-corrected chi connectivity index (χ1v) is 7.16. The fourth-order valence-electron chi connectivity index (χ4n) is 2.64. The first-order chi connectivity index (χ1) is 9.58. The molecule has 20 heavy (non-hydrogen) atoms. The second-order valence-corrected chi connectivity index (χ2v) is 5.73. The molecule has 1 heterocycles. The maximum Gasteiger partial charge on any atom is 0.356 e. The highest BCUT2D eigenvalue weighted by atomic mass is 79.9. The summed E-state index contributed by atoms with van der Waals surface area (Å²) in [5, 5.41) is 23.5. The van der Waals surface area contributed by atoms with Crippen LogP contribution >= 0.6 is 15.9 Å². The van der Waals surface area contributed by atoms with E-state index in [9.17, 15) is 15.0 Å². The second kappa shape index (κ2) is 5.03. The number of fused-ring (bicyclic) bond motifs is 1. The van der Waals surface area contributed by atoms with Gasteiger partial charge in [-0.1, -0.05) is 22.0 Å². The molecule has 5 nitrogen and oxygen atoms in total. The lowest BCUT2D eigenvalue weighted by atomic mass is 9.93. The van der Waals surface area contributed by atoms with E-state index in [-0.39, 0.29) is 5.69 Å². The van der Waals surface area contributed by atoms with Crippen LogP contribution in [-0.2, 0) is 6.42 Å². The highest BCUT2D eigenvalue weighted by Crippen LogP contribution is 2.34. The molecule has 3 rings (SSSR count). The van der Waals surface area contributed by atoms with Gasteiger partial charge in [0.1, 0.15) is 0 Å². The molecule has 104 valence electrons. The number of aromatic carboxylic acids is 1. The molecule has 0 bridgehead atoms. The monoisotopic (exact) mass is 336 g/mol. The average Bonchev–Trinajstić information content (AvgIpc) is 2.80. The molecule has 1 aliphatic rings. The summed E-state index contributed by atoms with van der Waals surface area (Å²) >= 11 is 3.40. The molecule has 2 N–H and O–H groups in total. The maximum atomic E-state index is 11.3. The van der Waals surface area contributed by atoms with Gasteiger partial charge in [-0.05, 0) is 37.5 Å². The van der Waals surface area contributed by atoms with Crippen LogP contribution in [-0.4, -0.2) is 26.0 Å². The van der Waals surface area contributed by atoms with Crippen molar-refractivity contribution in [2.75, 3.05) is 0 Å². The molecule has 1 atom stereocenters. The number of halogens is 1. The summed E-state index contributed by atoms with van der Waals surface area (Å²) in [4.78, 5) is 11.3. The molecule has 1 aliphatic carbocycles. The molecule has 0 spiro atoms. The number of aliphatic hydroxyl groups excluding tert-OH is 1. The highest BCUT2D eigenvalue weighted by molar-refractivity contribution is 9.10. The van der Waals surface area contributed by atoms with Gasteiger partial charge in [-0.2, -0.15) is 5.10 Å². The Morgan fingerprint density at radius 2 is 2.25 bits per heavy atom. The van der Waals surface area contributed by atoms with Gasteiger partial charge in [-0.25, -0.2) is 9.48 Å². The maximum absolute atomic E-state index is 11.3. The van der Waals surface area contributed by atoms with E-state index in [4.69, 9.17) is 0 Å². The fraction of sp³-hybridized carbons (Fsp3) is 0.286. The van der Waals surface area contributed by atoms with Gasteiger partial charge in [0.25, 0.3) is 0 Å². The first kappa shape index (κ1) is 13.3. The Bertz CT molecular complexity index is 681. The fourth-order valence-corrected chi connectivity index (χ4v) is 3.03. The number of nitrogens with zero attached hydrogens (tertiary/aromatic N) is 2. The smallest absolute Gasteiger partial charge is 0.356 e. The summed E-state index contributed by atoms with van der Waals surface area (Å²) in [5.74, 6) is -1.10. The van der Waals surface area contributed by atoms with Crippen LogP contribution in [0.15, 0.2) is 28.7 Å². The van der Waals surface area contributed by atoms with Gasteiger partial charge in [0.2, 0.25) is 0 Å². The van der Waals surface area contributed by atoms with Crippen LogP contribution in [0, 0.1) is 0 Å². The minimum Gasteiger partial charge on any atom is -0.476 e. The van der Waals surface area contributed by atoms with Crippen molar-refractivity contribution in [1.82, 2.24) is 9.78 Å². The van der Waals surface area contributed by atoms with Crippen LogP contribution in [0.3, 0.4) is 0 Å². The lowest BCUT2D eigenvalue weighted by molar-refractivity contribution is 0.0680. The number of hydrogen-bond acceptors (Lipinski definition) is 3. The predicted octanol–water partition coefficient (Wildman–Crippen LogP) is 2.70. The SMILES string of the molecule is O=C(O)c1nn(-c2cccc(Br)c2)c2c1C(O)CCC2. The van der Waals surface area contributed by atoms with Gasteiger partial charge < -0.3 is 10.2 Å². The molecule has 0 aliphatic heterocycles. The third-order valence-electron chi connectivity index (χ3n) is 3.50. The van der Waals surface area contributed by atoms with E-state index >= 15 is 0 Å². The van der Waals surface area contributed by atoms with E-state index in [1.807, 2.05) is 24.3 Å². The van der Waals surface area contributed by atoms with Crippen molar-refractivity contribution in [1.29, 1.82) is 0 Å². The summed E-state index contributed by atoms with van der Waals surface area (Å²) in [6.07, 6.45) is 1.38. The largest absolute Gasteiger partial charge is 0.476 e. The van der Waals surface area contributed by atoms with Crippen LogP contribution in [0.1, 0.15) is 40.7 Å². The average molecular weight is 337 g/mol. The van der Waals surface area contributed by atoms with Crippen molar-refractivity contribution < 1.29 is 15.0 Å². The van der Waals surface area contributed by atoms with E-state index in [1.54, 1.807) is 4.68 Å². The number of aliphatic hydroxyl groups is 1. The number of aromatic nitrogens is 2. The Morgan fingerprint density at radius 1 is 1.45 bits per heavy atom. The Kier molecular flexibility index (Phi) is 3.35. The van der Waals surface area contributed by atoms with Gasteiger partial charge in [0, 0.05) is 10.0 Å². The number of rotatable bonds is 2. The van der Waals surface area contributed by atoms with Gasteiger partial charge in [-0.15, -0.1) is 0 Å². The lowest BCUT2D eigenvalue weighted by Gasteiger charge is -2.19. The lowest BCUT2D eigenvalue weighted by Crippen LogP contribution is -2.13. The normalized spacial score (nSPS) is 17.8. The van der Waals surface area contributed by atoms with E-state index in [2.05, 4.69) is 21.0 Å². The molecule has 0 saturated heterocycles. The van der Waals surface area contributed by atoms with Crippen LogP contribution in [0.2, 0.25) is 0 Å². The molecule has 0 amide bonds. The van der Waals surface area contributed by atoms with Crippen LogP contribution in [0.4, 0.5) is 0 Å². The third-order valence-corrected chi connectivity index (χ3v) is 3.99. The molecule has 2 aromatic rings. The minimum absolute atomic E-state index is 0.0489. The quantitative estimate of drug-likeness (QED) is 0.884. The highest BCUT2D eigenvalue weighted by Gasteiger charge is 2.30. The number of carboxylic acid groups (broad SMARTS) is 1. The number of carboxylic acids is 1. The Balaban J connectivity index is 2.22. The van der Waals surface area contributed by atoms with Gasteiger partial charge >= 0.3 is 5.97 Å². The standard InChI is InChI=1S/C14H13BrN2O3/c15-8-3-1-4-9(7-8)17-10-5-2-6-11(18)12(10)13(16-17)14(19)20/h1,3-4,7,11,18H,2,5-6H2,(H,19,20). The Labute approximate surface area is 124 Å². The van der Waals surface area contributed by atoms with Crippen molar-refractivity contribution in [3.05, 3.63) is 45.7 Å². The summed E-state index contributed by atoms with van der Waals surface area (Å²) < 4.78 is 2.53. The van der Waals surface area contributed by atoms with Crippen LogP contribution in [0.25, 0.3) is 5.69 Å². The minimum atomic E-state index is -1.10. The van der Waals surface area contributed by atoms with E-state index in [1.165, 1.54) is 0 Å². The van der Waals surface area contributed by atoms with E-state index in [0.29, 0.717) is 12.0 Å². The molecule has 6 heteroatoms. The zero-order chi connectivity index (χ0) is 14.3. The molecule has 1 unspecified atom stereocenters. The second-order valence-electron chi connectivity index (χ2n) is 4.81. The molecule has 0 radical (unpaired) electrons. The molecule has 0 saturated carbocycles.